The number of esters is 1. The third-order valence-electron chi connectivity index (χ3n) is 3.93. The second kappa shape index (κ2) is 7.05. The van der Waals surface area contributed by atoms with E-state index >= 15 is 0 Å². The lowest BCUT2D eigenvalue weighted by Crippen LogP contribution is -2.19. The number of aromatic nitrogens is 1. The van der Waals surface area contributed by atoms with Crippen LogP contribution < -0.4 is 0 Å². The van der Waals surface area contributed by atoms with Crippen LogP contribution in [0.4, 0.5) is 0 Å². The second-order valence-corrected chi connectivity index (χ2v) is 7.72. The molecule has 0 radical (unpaired) electrons. The minimum absolute atomic E-state index is 0.0174. The summed E-state index contributed by atoms with van der Waals surface area (Å²) in [6, 6.07) is 14.4. The van der Waals surface area contributed by atoms with Gasteiger partial charge in [-0.15, -0.1) is 0 Å². The van der Waals surface area contributed by atoms with Gasteiger partial charge in [-0.1, -0.05) is 52.3 Å². The molecule has 0 amide bonds. The highest BCUT2D eigenvalue weighted by molar-refractivity contribution is 9.08. The van der Waals surface area contributed by atoms with Crippen LogP contribution in [0.3, 0.4) is 0 Å². The van der Waals surface area contributed by atoms with Gasteiger partial charge in [-0.25, -0.2) is 17.2 Å². The number of para-hydroxylation sites is 1. The molecule has 0 saturated carbocycles. The van der Waals surface area contributed by atoms with Gasteiger partial charge >= 0.3 is 5.97 Å². The molecule has 26 heavy (non-hydrogen) atoms. The number of ketones is 1. The first-order chi connectivity index (χ1) is 12.4. The number of methoxy groups -OCH3 is 1. The number of fused-ring (bicyclic) bond motifs is 1. The van der Waals surface area contributed by atoms with Crippen molar-refractivity contribution in [3.8, 4) is 0 Å². The second-order valence-electron chi connectivity index (χ2n) is 5.38. The molecule has 134 valence electrons. The normalized spacial score (nSPS) is 11.5. The molecular formula is C18H14BrNO5S. The van der Waals surface area contributed by atoms with Crippen molar-refractivity contribution in [3.63, 3.8) is 0 Å². The Kier molecular flexibility index (Phi) is 4.97. The van der Waals surface area contributed by atoms with Crippen molar-refractivity contribution >= 4 is 48.6 Å². The molecule has 1 heterocycles. The van der Waals surface area contributed by atoms with Crippen molar-refractivity contribution in [2.45, 2.75) is 10.2 Å². The Labute approximate surface area is 158 Å². The van der Waals surface area contributed by atoms with Crippen molar-refractivity contribution in [1.82, 2.24) is 3.97 Å². The number of nitrogens with zero attached hydrogens (tertiary/aromatic N) is 1. The van der Waals surface area contributed by atoms with E-state index in [0.717, 1.165) is 11.1 Å². The molecule has 3 aromatic rings. The summed E-state index contributed by atoms with van der Waals surface area (Å²) in [5.41, 5.74) is 0.507. The first-order valence-corrected chi connectivity index (χ1v) is 10.1. The van der Waals surface area contributed by atoms with Crippen LogP contribution in [0, 0.1) is 0 Å². The molecule has 0 fully saturated rings. The summed E-state index contributed by atoms with van der Waals surface area (Å²) < 4.78 is 32.1. The number of hydrogen-bond donors (Lipinski definition) is 0. The van der Waals surface area contributed by atoms with Crippen molar-refractivity contribution in [3.05, 3.63) is 65.9 Å². The fraction of sp³-hybridized carbons (Fsp3) is 0.111. The molecule has 0 aliphatic carbocycles. The molecule has 0 aliphatic rings. The summed E-state index contributed by atoms with van der Waals surface area (Å²) in [5.74, 6) is -1.94. The summed E-state index contributed by atoms with van der Waals surface area (Å²) in [7, 11) is -2.87. The largest absolute Gasteiger partial charge is 0.463 e. The van der Waals surface area contributed by atoms with Crippen molar-refractivity contribution in [2.75, 3.05) is 7.11 Å². The molecule has 0 spiro atoms. The van der Waals surface area contributed by atoms with Crippen molar-refractivity contribution in [2.24, 2.45) is 0 Å². The Morgan fingerprint density at radius 2 is 1.65 bits per heavy atom. The Morgan fingerprint density at radius 3 is 2.27 bits per heavy atom. The minimum atomic E-state index is -3.97. The Hall–Kier alpha value is -2.45. The first kappa shape index (κ1) is 18.3. The Morgan fingerprint density at radius 1 is 1.04 bits per heavy atom. The van der Waals surface area contributed by atoms with E-state index in [1.807, 2.05) is 0 Å². The standard InChI is InChI=1S/C18H14BrNO5S/c1-25-18(22)17(21)16-13-9-5-6-10-14(13)20(15(16)11-19)26(23,24)12-7-3-2-4-8-12/h2-10H,11H2,1H3. The van der Waals surface area contributed by atoms with E-state index in [4.69, 9.17) is 0 Å². The molecule has 0 saturated heterocycles. The number of ether oxygens (including phenoxy) is 1. The number of rotatable bonds is 5. The van der Waals surface area contributed by atoms with Crippen LogP contribution in [0.15, 0.2) is 59.5 Å². The van der Waals surface area contributed by atoms with Crippen molar-refractivity contribution in [1.29, 1.82) is 0 Å². The lowest BCUT2D eigenvalue weighted by Gasteiger charge is -2.11. The summed E-state index contributed by atoms with van der Waals surface area (Å²) in [6.45, 7) is 0. The molecule has 8 heteroatoms. The molecule has 0 N–H and O–H groups in total. The minimum Gasteiger partial charge on any atom is -0.463 e. The molecule has 3 rings (SSSR count). The fourth-order valence-electron chi connectivity index (χ4n) is 2.81. The van der Waals surface area contributed by atoms with Crippen LogP contribution in [0.25, 0.3) is 10.9 Å². The van der Waals surface area contributed by atoms with Gasteiger partial charge in [0, 0.05) is 10.7 Å². The van der Waals surface area contributed by atoms with E-state index in [1.54, 1.807) is 42.5 Å². The van der Waals surface area contributed by atoms with E-state index in [1.165, 1.54) is 12.1 Å². The average Bonchev–Trinajstić information content (AvgIpc) is 3.02. The molecule has 6 nitrogen and oxygen atoms in total. The van der Waals surface area contributed by atoms with Crippen LogP contribution in [0.2, 0.25) is 0 Å². The molecule has 0 unspecified atom stereocenters. The van der Waals surface area contributed by atoms with Crippen LogP contribution >= 0.6 is 15.9 Å². The Bertz CT molecular complexity index is 1100. The zero-order chi connectivity index (χ0) is 18.9. The van der Waals surface area contributed by atoms with Gasteiger partial charge in [0.15, 0.2) is 0 Å². The average molecular weight is 436 g/mol. The number of carbonyl (C=O) groups excluding carboxylic acids is 2. The number of alkyl halides is 1. The van der Waals surface area contributed by atoms with E-state index in [-0.39, 0.29) is 21.5 Å². The molecule has 2 aromatic carbocycles. The SMILES string of the molecule is COC(=O)C(=O)c1c(CBr)n(S(=O)(=O)c2ccccc2)c2ccccc12. The predicted octanol–water partition coefficient (Wildman–Crippen LogP) is 3.13. The molecule has 1 aromatic heterocycles. The van der Waals surface area contributed by atoms with Gasteiger partial charge in [0.2, 0.25) is 0 Å². The summed E-state index contributed by atoms with van der Waals surface area (Å²) >= 11 is 3.25. The maximum Gasteiger partial charge on any atom is 0.379 e. The highest BCUT2D eigenvalue weighted by Crippen LogP contribution is 2.32. The third kappa shape index (κ3) is 2.85. The van der Waals surface area contributed by atoms with Crippen molar-refractivity contribution < 1.29 is 22.7 Å². The summed E-state index contributed by atoms with van der Waals surface area (Å²) in [6.07, 6.45) is 0. The fourth-order valence-corrected chi connectivity index (χ4v) is 5.08. The smallest absolute Gasteiger partial charge is 0.379 e. The lowest BCUT2D eigenvalue weighted by molar-refractivity contribution is -0.135. The predicted molar refractivity (Wildman–Crippen MR) is 99.9 cm³/mol. The van der Waals surface area contributed by atoms with Gasteiger partial charge in [0.05, 0.1) is 28.8 Å². The van der Waals surface area contributed by atoms with Gasteiger partial charge in [-0.05, 0) is 18.2 Å². The first-order valence-electron chi connectivity index (χ1n) is 7.55. The topological polar surface area (TPSA) is 82.4 Å². The number of Topliss-reactive ketones (excluding diaryl/α,β-unsaturated/α-hetero) is 1. The number of carbonyl (C=O) groups is 2. The maximum absolute atomic E-state index is 13.2. The molecule has 0 bridgehead atoms. The molecular weight excluding hydrogens is 422 g/mol. The summed E-state index contributed by atoms with van der Waals surface area (Å²) in [4.78, 5) is 24.4. The van der Waals surface area contributed by atoms with Gasteiger partial charge in [0.25, 0.3) is 15.8 Å². The third-order valence-corrected chi connectivity index (χ3v) is 6.23. The van der Waals surface area contributed by atoms with Gasteiger partial charge in [-0.2, -0.15) is 0 Å². The lowest BCUT2D eigenvalue weighted by atomic mass is 10.1. The van der Waals surface area contributed by atoms with E-state index in [0.29, 0.717) is 10.9 Å². The van der Waals surface area contributed by atoms with Crippen LogP contribution in [-0.4, -0.2) is 31.3 Å². The number of benzene rings is 2. The van der Waals surface area contributed by atoms with Gasteiger partial charge < -0.3 is 4.74 Å². The molecule has 0 aliphatic heterocycles. The van der Waals surface area contributed by atoms with Gasteiger partial charge in [-0.3, -0.25) is 4.79 Å². The highest BCUT2D eigenvalue weighted by atomic mass is 79.9. The van der Waals surface area contributed by atoms with Crippen LogP contribution in [-0.2, 0) is 24.9 Å². The Balaban J connectivity index is 2.41. The highest BCUT2D eigenvalue weighted by Gasteiger charge is 2.31. The number of halogens is 1. The van der Waals surface area contributed by atoms with E-state index in [2.05, 4.69) is 20.7 Å². The van der Waals surface area contributed by atoms with E-state index in [9.17, 15) is 18.0 Å². The van der Waals surface area contributed by atoms with E-state index < -0.39 is 21.8 Å². The summed E-state index contributed by atoms with van der Waals surface area (Å²) in [5, 5.41) is 0.433. The van der Waals surface area contributed by atoms with Crippen LogP contribution in [0.5, 0.6) is 0 Å². The van der Waals surface area contributed by atoms with Gasteiger partial charge in [0.1, 0.15) is 0 Å². The zero-order valence-corrected chi connectivity index (χ0v) is 16.1. The quantitative estimate of drug-likeness (QED) is 0.266. The number of hydrogen-bond acceptors (Lipinski definition) is 5. The monoisotopic (exact) mass is 435 g/mol. The van der Waals surface area contributed by atoms with Crippen LogP contribution in [0.1, 0.15) is 16.1 Å². The molecule has 0 atom stereocenters. The maximum atomic E-state index is 13.2. The zero-order valence-electron chi connectivity index (χ0n) is 13.7.